The van der Waals surface area contributed by atoms with Crippen molar-refractivity contribution in [3.63, 3.8) is 0 Å². The molecule has 3 N–H and O–H groups in total. The van der Waals surface area contributed by atoms with Gasteiger partial charge in [0.25, 0.3) is 0 Å². The predicted octanol–water partition coefficient (Wildman–Crippen LogP) is 2.45. The minimum absolute atomic E-state index is 0.274. The summed E-state index contributed by atoms with van der Waals surface area (Å²) in [7, 11) is 3.09. The SMILES string of the molecule is COc1ncc(/C=C(\C)Cn2cc(CCCCCc3cnc(N)[nH]3)nn2)c(OC)n1. The second-order valence-electron chi connectivity index (χ2n) is 7.07. The Balaban J connectivity index is 1.47. The van der Waals surface area contributed by atoms with E-state index in [2.05, 4.69) is 30.2 Å². The largest absolute Gasteiger partial charge is 0.480 e. The van der Waals surface area contributed by atoms with E-state index in [4.69, 9.17) is 15.2 Å². The lowest BCUT2D eigenvalue weighted by molar-refractivity contribution is 0.351. The zero-order valence-electron chi connectivity index (χ0n) is 17.6. The van der Waals surface area contributed by atoms with Gasteiger partial charge in [-0.2, -0.15) is 4.98 Å². The highest BCUT2D eigenvalue weighted by Crippen LogP contribution is 2.20. The lowest BCUT2D eigenvalue weighted by Crippen LogP contribution is -2.01. The third-order valence-corrected chi connectivity index (χ3v) is 4.56. The van der Waals surface area contributed by atoms with E-state index in [1.54, 1.807) is 19.5 Å². The Labute approximate surface area is 175 Å². The van der Waals surface area contributed by atoms with Gasteiger partial charge >= 0.3 is 6.01 Å². The van der Waals surface area contributed by atoms with Crippen LogP contribution in [-0.4, -0.2) is 49.1 Å². The Bertz CT molecular complexity index is 979. The first-order valence-electron chi connectivity index (χ1n) is 9.88. The minimum Gasteiger partial charge on any atom is -0.480 e. The molecule has 0 spiro atoms. The standard InChI is InChI=1S/C20H28N8O2/c1-14(9-15-10-23-20(30-3)25-18(15)29-2)12-28-13-17(26-27-28)8-6-4-5-7-16-11-22-19(21)24-16/h9-11,13H,4-8,12H2,1-3H3,(H3,21,22,24)/b14-9+. The van der Waals surface area contributed by atoms with Crippen LogP contribution in [0.1, 0.15) is 43.1 Å². The van der Waals surface area contributed by atoms with Gasteiger partial charge in [-0.1, -0.05) is 17.2 Å². The normalized spacial score (nSPS) is 11.6. The fourth-order valence-corrected chi connectivity index (χ4v) is 3.12. The van der Waals surface area contributed by atoms with Crippen molar-refractivity contribution in [1.82, 2.24) is 34.9 Å². The number of aryl methyl sites for hydroxylation is 2. The second-order valence-corrected chi connectivity index (χ2v) is 7.07. The topological polar surface area (TPSA) is 130 Å². The Kier molecular flexibility index (Phi) is 7.36. The Hall–Kier alpha value is -3.43. The van der Waals surface area contributed by atoms with Crippen LogP contribution in [0.3, 0.4) is 0 Å². The summed E-state index contributed by atoms with van der Waals surface area (Å²) in [6.07, 6.45) is 12.6. The molecule has 0 aromatic carbocycles. The maximum atomic E-state index is 5.59. The number of ether oxygens (including phenoxy) is 2. The highest BCUT2D eigenvalue weighted by molar-refractivity contribution is 5.56. The first-order chi connectivity index (χ1) is 14.6. The summed E-state index contributed by atoms with van der Waals surface area (Å²) in [5, 5.41) is 8.51. The van der Waals surface area contributed by atoms with Crippen LogP contribution in [0, 0.1) is 0 Å². The van der Waals surface area contributed by atoms with Gasteiger partial charge in [-0.05, 0) is 38.7 Å². The smallest absolute Gasteiger partial charge is 0.319 e. The number of methoxy groups -OCH3 is 2. The summed E-state index contributed by atoms with van der Waals surface area (Å²) in [6.45, 7) is 2.65. The van der Waals surface area contributed by atoms with Gasteiger partial charge in [0.05, 0.1) is 38.2 Å². The number of hydrogen-bond acceptors (Lipinski definition) is 8. The van der Waals surface area contributed by atoms with Gasteiger partial charge in [-0.15, -0.1) is 5.10 Å². The number of imidazole rings is 1. The number of nitrogens with zero attached hydrogens (tertiary/aromatic N) is 6. The predicted molar refractivity (Wildman–Crippen MR) is 113 cm³/mol. The van der Waals surface area contributed by atoms with Crippen LogP contribution in [0.5, 0.6) is 11.9 Å². The molecule has 0 atom stereocenters. The van der Waals surface area contributed by atoms with Crippen molar-refractivity contribution >= 4 is 12.0 Å². The van der Waals surface area contributed by atoms with Crippen molar-refractivity contribution in [3.8, 4) is 11.9 Å². The lowest BCUT2D eigenvalue weighted by atomic mass is 10.1. The molecule has 0 amide bonds. The fraction of sp³-hybridized carbons (Fsp3) is 0.450. The van der Waals surface area contributed by atoms with E-state index in [-0.39, 0.29) is 6.01 Å². The zero-order chi connectivity index (χ0) is 21.3. The molecule has 3 aromatic rings. The first-order valence-corrected chi connectivity index (χ1v) is 9.88. The lowest BCUT2D eigenvalue weighted by Gasteiger charge is -2.06. The van der Waals surface area contributed by atoms with Crippen LogP contribution in [0.15, 0.2) is 24.2 Å². The van der Waals surface area contributed by atoms with Crippen molar-refractivity contribution in [1.29, 1.82) is 0 Å². The molecule has 3 rings (SSSR count). The number of rotatable bonds is 11. The molecule has 0 fully saturated rings. The molecule has 0 aliphatic carbocycles. The number of nitrogen functional groups attached to an aromatic ring is 1. The summed E-state index contributed by atoms with van der Waals surface area (Å²) in [5.74, 6) is 0.946. The van der Waals surface area contributed by atoms with Crippen LogP contribution in [0.25, 0.3) is 6.08 Å². The molecule has 10 heteroatoms. The molecule has 160 valence electrons. The van der Waals surface area contributed by atoms with Gasteiger partial charge in [0.1, 0.15) is 0 Å². The van der Waals surface area contributed by atoms with E-state index in [9.17, 15) is 0 Å². The summed E-state index contributed by atoms with van der Waals surface area (Å²) in [4.78, 5) is 15.4. The monoisotopic (exact) mass is 412 g/mol. The Morgan fingerprint density at radius 3 is 2.70 bits per heavy atom. The number of H-pyrrole nitrogens is 1. The van der Waals surface area contributed by atoms with Crippen molar-refractivity contribution < 1.29 is 9.47 Å². The molecular weight excluding hydrogens is 384 g/mol. The fourth-order valence-electron chi connectivity index (χ4n) is 3.12. The van der Waals surface area contributed by atoms with E-state index in [1.165, 1.54) is 7.11 Å². The minimum atomic E-state index is 0.274. The number of hydrogen-bond donors (Lipinski definition) is 2. The Morgan fingerprint density at radius 2 is 1.97 bits per heavy atom. The molecule has 3 heterocycles. The molecular formula is C20H28N8O2. The maximum Gasteiger partial charge on any atom is 0.319 e. The number of nitrogens with one attached hydrogen (secondary N) is 1. The van der Waals surface area contributed by atoms with Crippen LogP contribution in [0.2, 0.25) is 0 Å². The average molecular weight is 412 g/mol. The molecule has 0 saturated carbocycles. The first kappa shape index (κ1) is 21.3. The quantitative estimate of drug-likeness (QED) is 0.459. The number of nitrogens with two attached hydrogens (primary N) is 1. The molecule has 0 radical (unpaired) electrons. The van der Waals surface area contributed by atoms with Crippen LogP contribution >= 0.6 is 0 Å². The van der Waals surface area contributed by atoms with Gasteiger partial charge in [-0.3, -0.25) is 0 Å². The summed E-state index contributed by atoms with van der Waals surface area (Å²) in [6, 6.07) is 0.274. The van der Waals surface area contributed by atoms with E-state index in [0.29, 0.717) is 18.4 Å². The van der Waals surface area contributed by atoms with Gasteiger partial charge in [0.15, 0.2) is 5.95 Å². The van der Waals surface area contributed by atoms with Gasteiger partial charge in [-0.25, -0.2) is 14.6 Å². The second kappa shape index (κ2) is 10.4. The summed E-state index contributed by atoms with van der Waals surface area (Å²) >= 11 is 0. The van der Waals surface area contributed by atoms with Crippen LogP contribution in [-0.2, 0) is 19.4 Å². The molecule has 0 unspecified atom stereocenters. The van der Waals surface area contributed by atoms with Crippen molar-refractivity contribution in [2.24, 2.45) is 0 Å². The Morgan fingerprint density at radius 1 is 1.13 bits per heavy atom. The molecule has 10 nitrogen and oxygen atoms in total. The highest BCUT2D eigenvalue weighted by Gasteiger charge is 2.07. The van der Waals surface area contributed by atoms with E-state index < -0.39 is 0 Å². The molecule has 0 bridgehead atoms. The van der Waals surface area contributed by atoms with Gasteiger partial charge in [0.2, 0.25) is 5.88 Å². The third kappa shape index (κ3) is 6.03. The molecule has 0 saturated heterocycles. The van der Waals surface area contributed by atoms with Crippen LogP contribution < -0.4 is 15.2 Å². The van der Waals surface area contributed by atoms with E-state index in [1.807, 2.05) is 23.9 Å². The van der Waals surface area contributed by atoms with Gasteiger partial charge in [0, 0.05) is 18.1 Å². The number of anilines is 1. The number of allylic oxidation sites excluding steroid dienone is 1. The van der Waals surface area contributed by atoms with Crippen molar-refractivity contribution in [3.05, 3.63) is 41.1 Å². The summed E-state index contributed by atoms with van der Waals surface area (Å²) < 4.78 is 12.2. The molecule has 3 aromatic heterocycles. The summed E-state index contributed by atoms with van der Waals surface area (Å²) in [5.41, 5.74) is 9.54. The van der Waals surface area contributed by atoms with Crippen molar-refractivity contribution in [2.75, 3.05) is 20.0 Å². The van der Waals surface area contributed by atoms with Gasteiger partial charge < -0.3 is 20.2 Å². The molecule has 0 aliphatic rings. The zero-order valence-corrected chi connectivity index (χ0v) is 17.6. The van der Waals surface area contributed by atoms with E-state index >= 15 is 0 Å². The maximum absolute atomic E-state index is 5.59. The average Bonchev–Trinajstić information content (AvgIpc) is 3.36. The number of aromatic amines is 1. The highest BCUT2D eigenvalue weighted by atomic mass is 16.5. The van der Waals surface area contributed by atoms with E-state index in [0.717, 1.165) is 54.6 Å². The number of unbranched alkanes of at least 4 members (excludes halogenated alkanes) is 2. The van der Waals surface area contributed by atoms with Crippen molar-refractivity contribution in [2.45, 2.75) is 45.6 Å². The third-order valence-electron chi connectivity index (χ3n) is 4.56. The molecule has 30 heavy (non-hydrogen) atoms. The van der Waals surface area contributed by atoms with Crippen LogP contribution in [0.4, 0.5) is 5.95 Å². The number of aromatic nitrogens is 7. The molecule has 0 aliphatic heterocycles.